The van der Waals surface area contributed by atoms with E-state index >= 15 is 0 Å². The minimum absolute atomic E-state index is 0.00476. The Morgan fingerprint density at radius 2 is 1.27 bits per heavy atom. The average Bonchev–Trinajstić information content (AvgIpc) is 3.03. The summed E-state index contributed by atoms with van der Waals surface area (Å²) in [6.07, 6.45) is 8.14. The zero-order valence-corrected chi connectivity index (χ0v) is 23.1. The van der Waals surface area contributed by atoms with Crippen LogP contribution in [0.25, 0.3) is 39.5 Å². The fraction of sp³-hybridized carbons (Fsp3) is 0.111. The Hall–Kier alpha value is -4.47. The summed E-state index contributed by atoms with van der Waals surface area (Å²) in [6.45, 7) is 2.17. The van der Waals surface area contributed by atoms with E-state index in [4.69, 9.17) is 26.3 Å². The lowest BCUT2D eigenvalue weighted by Crippen LogP contribution is -2.14. The fourth-order valence-electron chi connectivity index (χ4n) is 5.02. The minimum atomic E-state index is 0.00476. The molecule has 0 bridgehead atoms. The summed E-state index contributed by atoms with van der Waals surface area (Å²) in [5.74, 6) is 1.56. The third-order valence-electron chi connectivity index (χ3n) is 7.09. The Balaban J connectivity index is 1.30. The summed E-state index contributed by atoms with van der Waals surface area (Å²) in [6, 6.07) is 36.8. The summed E-state index contributed by atoms with van der Waals surface area (Å²) in [7, 11) is 0. The van der Waals surface area contributed by atoms with Gasteiger partial charge in [0.05, 0.1) is 11.4 Å². The highest BCUT2D eigenvalue weighted by atomic mass is 35.5. The van der Waals surface area contributed by atoms with Gasteiger partial charge in [-0.2, -0.15) is 0 Å². The van der Waals surface area contributed by atoms with E-state index in [1.165, 1.54) is 11.1 Å². The smallest absolute Gasteiger partial charge is 0.160 e. The van der Waals surface area contributed by atoms with Gasteiger partial charge in [0.15, 0.2) is 5.82 Å². The van der Waals surface area contributed by atoms with E-state index in [0.717, 1.165) is 58.1 Å². The SMILES string of the molecule is CCc1c(-c2ccccc2)nc(-c2ccccc2)nc1-c1ccc(C2=CC[C@@H](Oc3ccc(Cl)cc3)C=C2)cc1. The van der Waals surface area contributed by atoms with Crippen LogP contribution in [-0.4, -0.2) is 16.1 Å². The number of nitrogens with zero attached hydrogens (tertiary/aromatic N) is 2. The van der Waals surface area contributed by atoms with Crippen LogP contribution in [0.2, 0.25) is 5.02 Å². The van der Waals surface area contributed by atoms with Crippen molar-refractivity contribution >= 4 is 17.2 Å². The molecule has 4 aromatic carbocycles. The van der Waals surface area contributed by atoms with E-state index in [1.54, 1.807) is 0 Å². The second-order valence-electron chi connectivity index (χ2n) is 9.75. The first kappa shape index (κ1) is 25.8. The Kier molecular flexibility index (Phi) is 7.56. The van der Waals surface area contributed by atoms with Crippen LogP contribution in [0.4, 0.5) is 0 Å². The maximum Gasteiger partial charge on any atom is 0.160 e. The van der Waals surface area contributed by atoms with Crippen LogP contribution in [0.1, 0.15) is 24.5 Å². The van der Waals surface area contributed by atoms with Crippen molar-refractivity contribution in [2.45, 2.75) is 25.9 Å². The van der Waals surface area contributed by atoms with E-state index in [1.807, 2.05) is 48.5 Å². The number of hydrogen-bond donors (Lipinski definition) is 0. The second-order valence-corrected chi connectivity index (χ2v) is 10.2. The molecule has 1 aliphatic rings. The van der Waals surface area contributed by atoms with Crippen molar-refractivity contribution in [1.82, 2.24) is 9.97 Å². The van der Waals surface area contributed by atoms with Crippen LogP contribution in [0, 0.1) is 0 Å². The molecule has 3 nitrogen and oxygen atoms in total. The lowest BCUT2D eigenvalue weighted by Gasteiger charge is -2.19. The van der Waals surface area contributed by atoms with Gasteiger partial charge >= 0.3 is 0 Å². The second kappa shape index (κ2) is 11.7. The monoisotopic (exact) mass is 540 g/mol. The highest BCUT2D eigenvalue weighted by Gasteiger charge is 2.18. The molecule has 0 radical (unpaired) electrons. The molecule has 1 atom stereocenters. The molecule has 0 N–H and O–H groups in total. The van der Waals surface area contributed by atoms with Gasteiger partial charge in [0.2, 0.25) is 0 Å². The molecule has 0 fully saturated rings. The standard InChI is InChI=1S/C36H29ClN2O/c1-2-33-34(27-9-5-3-6-10-27)38-36(29-11-7-4-8-12-29)39-35(33)28-15-13-25(14-16-28)26-17-21-31(22-18-26)40-32-23-19-30(37)20-24-32/h3-21,23-24,31H,2,22H2,1H3/t31-/m0/s1. The molecular weight excluding hydrogens is 512 g/mol. The van der Waals surface area contributed by atoms with Gasteiger partial charge in [-0.3, -0.25) is 0 Å². The summed E-state index contributed by atoms with van der Waals surface area (Å²) >= 11 is 5.99. The zero-order chi connectivity index (χ0) is 27.3. The number of aromatic nitrogens is 2. The van der Waals surface area contributed by atoms with E-state index in [0.29, 0.717) is 5.02 Å². The number of benzene rings is 4. The lowest BCUT2D eigenvalue weighted by atomic mass is 9.94. The normalized spacial score (nSPS) is 14.6. The molecule has 1 aliphatic carbocycles. The zero-order valence-electron chi connectivity index (χ0n) is 22.3. The molecule has 0 aliphatic heterocycles. The molecule has 4 heteroatoms. The Morgan fingerprint density at radius 3 is 1.85 bits per heavy atom. The van der Waals surface area contributed by atoms with Crippen molar-refractivity contribution in [2.24, 2.45) is 0 Å². The average molecular weight is 541 g/mol. The molecule has 0 amide bonds. The maximum atomic E-state index is 6.09. The molecule has 40 heavy (non-hydrogen) atoms. The Bertz CT molecular complexity index is 1660. The van der Waals surface area contributed by atoms with E-state index < -0.39 is 0 Å². The van der Waals surface area contributed by atoms with Crippen molar-refractivity contribution in [1.29, 1.82) is 0 Å². The molecule has 1 aromatic heterocycles. The third-order valence-corrected chi connectivity index (χ3v) is 7.35. The Labute approximate surface area is 240 Å². The fourth-order valence-corrected chi connectivity index (χ4v) is 5.15. The van der Waals surface area contributed by atoms with Crippen LogP contribution in [0.5, 0.6) is 5.75 Å². The molecule has 6 rings (SSSR count). The van der Waals surface area contributed by atoms with Crippen LogP contribution >= 0.6 is 11.6 Å². The highest BCUT2D eigenvalue weighted by Crippen LogP contribution is 2.34. The van der Waals surface area contributed by atoms with Crippen molar-refractivity contribution in [3.63, 3.8) is 0 Å². The molecule has 196 valence electrons. The number of halogens is 1. The van der Waals surface area contributed by atoms with Gasteiger partial charge in [-0.15, -0.1) is 0 Å². The molecular formula is C36H29ClN2O. The van der Waals surface area contributed by atoms with Crippen molar-refractivity contribution in [3.8, 4) is 39.7 Å². The van der Waals surface area contributed by atoms with Crippen LogP contribution in [0.3, 0.4) is 0 Å². The highest BCUT2D eigenvalue weighted by molar-refractivity contribution is 6.30. The number of rotatable bonds is 7. The van der Waals surface area contributed by atoms with E-state index in [-0.39, 0.29) is 6.10 Å². The lowest BCUT2D eigenvalue weighted by molar-refractivity contribution is 0.252. The molecule has 0 saturated carbocycles. The predicted molar refractivity (Wildman–Crippen MR) is 165 cm³/mol. The molecule has 0 spiro atoms. The van der Waals surface area contributed by atoms with E-state index in [2.05, 4.69) is 85.8 Å². The summed E-state index contributed by atoms with van der Waals surface area (Å²) in [4.78, 5) is 10.2. The van der Waals surface area contributed by atoms with E-state index in [9.17, 15) is 0 Å². The van der Waals surface area contributed by atoms with Crippen molar-refractivity contribution in [2.75, 3.05) is 0 Å². The molecule has 0 saturated heterocycles. The minimum Gasteiger partial charge on any atom is -0.486 e. The maximum absolute atomic E-state index is 6.09. The summed E-state index contributed by atoms with van der Waals surface area (Å²) < 4.78 is 6.09. The Morgan fingerprint density at radius 1 is 0.700 bits per heavy atom. The van der Waals surface area contributed by atoms with Gasteiger partial charge in [0, 0.05) is 33.7 Å². The van der Waals surface area contributed by atoms with Gasteiger partial charge in [-0.25, -0.2) is 9.97 Å². The first-order valence-corrected chi connectivity index (χ1v) is 14.0. The van der Waals surface area contributed by atoms with Gasteiger partial charge < -0.3 is 4.74 Å². The summed E-state index contributed by atoms with van der Waals surface area (Å²) in [5.41, 5.74) is 8.67. The third kappa shape index (κ3) is 5.61. The van der Waals surface area contributed by atoms with Crippen LogP contribution in [0.15, 0.2) is 127 Å². The van der Waals surface area contributed by atoms with Crippen LogP contribution < -0.4 is 4.74 Å². The number of allylic oxidation sites excluding steroid dienone is 2. The molecule has 0 unspecified atom stereocenters. The van der Waals surface area contributed by atoms with Crippen molar-refractivity contribution < 1.29 is 4.74 Å². The first-order chi connectivity index (χ1) is 19.7. The molecule has 5 aromatic rings. The van der Waals surface area contributed by atoms with Gasteiger partial charge in [0.25, 0.3) is 0 Å². The first-order valence-electron chi connectivity index (χ1n) is 13.6. The van der Waals surface area contributed by atoms with Gasteiger partial charge in [0.1, 0.15) is 11.9 Å². The number of hydrogen-bond acceptors (Lipinski definition) is 3. The van der Waals surface area contributed by atoms with Gasteiger partial charge in [-0.05, 0) is 47.9 Å². The largest absolute Gasteiger partial charge is 0.486 e. The quantitative estimate of drug-likeness (QED) is 0.206. The van der Waals surface area contributed by atoms with Crippen molar-refractivity contribution in [3.05, 3.63) is 144 Å². The van der Waals surface area contributed by atoms with Crippen LogP contribution in [-0.2, 0) is 6.42 Å². The van der Waals surface area contributed by atoms with Gasteiger partial charge in [-0.1, -0.05) is 116 Å². The topological polar surface area (TPSA) is 35.0 Å². The number of ether oxygens (including phenoxy) is 1. The molecule has 1 heterocycles. The predicted octanol–water partition coefficient (Wildman–Crippen LogP) is 9.48. The summed E-state index contributed by atoms with van der Waals surface area (Å²) in [5, 5.41) is 0.706.